The predicted octanol–water partition coefficient (Wildman–Crippen LogP) is 4.01. The molecule has 9 nitrogen and oxygen atoms in total. The van der Waals surface area contributed by atoms with Gasteiger partial charge in [0.05, 0.1) is 0 Å². The van der Waals surface area contributed by atoms with Gasteiger partial charge in [-0.05, 0) is 45.0 Å². The van der Waals surface area contributed by atoms with E-state index in [1.165, 1.54) is 0 Å². The van der Waals surface area contributed by atoms with Gasteiger partial charge in [0, 0.05) is 31.0 Å². The summed E-state index contributed by atoms with van der Waals surface area (Å²) in [4.78, 5) is 21.0. The zero-order valence-electron chi connectivity index (χ0n) is 18.0. The molecular weight excluding hydrogens is 418 g/mol. The summed E-state index contributed by atoms with van der Waals surface area (Å²) in [5.74, 6) is 1.86. The van der Waals surface area contributed by atoms with Crippen LogP contribution in [0.3, 0.4) is 0 Å². The number of halogens is 1. The van der Waals surface area contributed by atoms with Gasteiger partial charge in [-0.15, -0.1) is 12.4 Å². The average Bonchev–Trinajstić information content (AvgIpc) is 3.21. The third kappa shape index (κ3) is 7.14. The molecule has 0 spiro atoms. The first-order valence-corrected chi connectivity index (χ1v) is 9.69. The smallest absolute Gasteiger partial charge is 0.407 e. The van der Waals surface area contributed by atoms with Gasteiger partial charge in [-0.3, -0.25) is 5.10 Å². The Morgan fingerprint density at radius 2 is 1.94 bits per heavy atom. The number of benzene rings is 1. The molecule has 10 heteroatoms. The lowest BCUT2D eigenvalue weighted by Gasteiger charge is -2.22. The van der Waals surface area contributed by atoms with E-state index in [1.807, 2.05) is 63.2 Å². The molecule has 2 heterocycles. The number of pyridine rings is 1. The number of H-pyrrole nitrogens is 1. The number of rotatable bonds is 7. The standard InChI is InChI=1S/C21H27N7O2.ClH/c1-21(2,3)30-20(29)24-13-16(25-15-8-6-5-7-9-15)19-26-18(27-28-19)14-10-11-23-17(12-14)22-4;/h5-12,16,25H,13H2,1-4H3,(H,22,23)(H,24,29)(H,26,27,28);1H. The minimum Gasteiger partial charge on any atom is -0.444 e. The van der Waals surface area contributed by atoms with Gasteiger partial charge < -0.3 is 20.7 Å². The zero-order chi connectivity index (χ0) is 21.6. The number of carbonyl (C=O) groups excluding carboxylic acids is 1. The summed E-state index contributed by atoms with van der Waals surface area (Å²) in [6.45, 7) is 5.73. The molecule has 0 aliphatic rings. The fourth-order valence-corrected chi connectivity index (χ4v) is 2.72. The Morgan fingerprint density at radius 3 is 2.61 bits per heavy atom. The number of aromatic nitrogens is 4. The van der Waals surface area contributed by atoms with Gasteiger partial charge in [0.1, 0.15) is 23.3 Å². The van der Waals surface area contributed by atoms with E-state index in [0.717, 1.165) is 17.1 Å². The van der Waals surface area contributed by atoms with Crippen molar-refractivity contribution < 1.29 is 9.53 Å². The fourth-order valence-electron chi connectivity index (χ4n) is 2.72. The Labute approximate surface area is 187 Å². The fraction of sp³-hybridized carbons (Fsp3) is 0.333. The lowest BCUT2D eigenvalue weighted by atomic mass is 10.2. The van der Waals surface area contributed by atoms with Crippen LogP contribution in [0.4, 0.5) is 16.3 Å². The molecule has 0 fully saturated rings. The molecule has 0 aliphatic carbocycles. The maximum absolute atomic E-state index is 12.1. The Morgan fingerprint density at radius 1 is 1.19 bits per heavy atom. The molecule has 0 radical (unpaired) electrons. The number of alkyl carbamates (subject to hydrolysis) is 1. The summed E-state index contributed by atoms with van der Waals surface area (Å²) >= 11 is 0. The van der Waals surface area contributed by atoms with E-state index in [4.69, 9.17) is 4.74 Å². The van der Waals surface area contributed by atoms with Crippen LogP contribution in [0.2, 0.25) is 0 Å². The van der Waals surface area contributed by atoms with E-state index >= 15 is 0 Å². The summed E-state index contributed by atoms with van der Waals surface area (Å²) in [6, 6.07) is 13.1. The van der Waals surface area contributed by atoms with Crippen LogP contribution in [-0.4, -0.2) is 45.5 Å². The molecule has 1 amide bonds. The summed E-state index contributed by atoms with van der Waals surface area (Å²) in [5, 5.41) is 16.5. The first kappa shape index (κ1) is 23.9. The SMILES string of the molecule is CNc1cc(-c2n[nH]c(C(CNC(=O)OC(C)(C)C)Nc3ccccc3)n2)ccn1.Cl. The first-order chi connectivity index (χ1) is 14.3. The molecule has 0 aliphatic heterocycles. The van der Waals surface area contributed by atoms with Crippen LogP contribution in [-0.2, 0) is 4.74 Å². The van der Waals surface area contributed by atoms with E-state index < -0.39 is 11.7 Å². The van der Waals surface area contributed by atoms with E-state index in [1.54, 1.807) is 13.2 Å². The summed E-state index contributed by atoms with van der Waals surface area (Å²) in [7, 11) is 1.80. The number of para-hydroxylation sites is 1. The molecule has 1 atom stereocenters. The van der Waals surface area contributed by atoms with E-state index in [0.29, 0.717) is 11.6 Å². The largest absolute Gasteiger partial charge is 0.444 e. The van der Waals surface area contributed by atoms with Crippen LogP contribution in [0.1, 0.15) is 32.6 Å². The van der Waals surface area contributed by atoms with Crippen molar-refractivity contribution in [3.8, 4) is 11.4 Å². The maximum Gasteiger partial charge on any atom is 0.407 e. The van der Waals surface area contributed by atoms with Gasteiger partial charge in [-0.25, -0.2) is 14.8 Å². The molecule has 4 N–H and O–H groups in total. The van der Waals surface area contributed by atoms with Crippen molar-refractivity contribution in [1.82, 2.24) is 25.5 Å². The third-order valence-corrected chi connectivity index (χ3v) is 4.07. The number of carbonyl (C=O) groups is 1. The second-order valence-electron chi connectivity index (χ2n) is 7.67. The minimum atomic E-state index is -0.571. The van der Waals surface area contributed by atoms with E-state index in [-0.39, 0.29) is 25.0 Å². The molecule has 1 aromatic carbocycles. The quantitative estimate of drug-likeness (QED) is 0.434. The van der Waals surface area contributed by atoms with Crippen LogP contribution in [0.5, 0.6) is 0 Å². The molecule has 2 aromatic heterocycles. The van der Waals surface area contributed by atoms with Crippen molar-refractivity contribution in [2.45, 2.75) is 32.4 Å². The number of aromatic amines is 1. The van der Waals surface area contributed by atoms with Gasteiger partial charge in [0.25, 0.3) is 0 Å². The second kappa shape index (κ2) is 10.6. The number of ether oxygens (including phenoxy) is 1. The van der Waals surface area contributed by atoms with E-state index in [2.05, 4.69) is 36.1 Å². The Kier molecular flexibility index (Phi) is 8.21. The highest BCUT2D eigenvalue weighted by Crippen LogP contribution is 2.21. The predicted molar refractivity (Wildman–Crippen MR) is 123 cm³/mol. The zero-order valence-corrected chi connectivity index (χ0v) is 18.8. The number of hydrogen-bond acceptors (Lipinski definition) is 7. The highest BCUT2D eigenvalue weighted by Gasteiger charge is 2.21. The number of nitrogens with zero attached hydrogens (tertiary/aromatic N) is 3. The van der Waals surface area contributed by atoms with Gasteiger partial charge in [0.15, 0.2) is 5.82 Å². The third-order valence-electron chi connectivity index (χ3n) is 4.07. The summed E-state index contributed by atoms with van der Waals surface area (Å²) < 4.78 is 5.34. The molecule has 0 saturated heterocycles. The number of anilines is 2. The van der Waals surface area contributed by atoms with Crippen molar-refractivity contribution in [2.75, 3.05) is 24.2 Å². The van der Waals surface area contributed by atoms with Gasteiger partial charge in [0.2, 0.25) is 0 Å². The van der Waals surface area contributed by atoms with Gasteiger partial charge in [-0.1, -0.05) is 18.2 Å². The monoisotopic (exact) mass is 445 g/mol. The van der Waals surface area contributed by atoms with Crippen molar-refractivity contribution in [1.29, 1.82) is 0 Å². The Balaban J connectivity index is 0.00000341. The van der Waals surface area contributed by atoms with Crippen molar-refractivity contribution in [3.63, 3.8) is 0 Å². The Bertz CT molecular complexity index is 973. The topological polar surface area (TPSA) is 117 Å². The molecule has 3 rings (SSSR count). The van der Waals surface area contributed by atoms with Gasteiger partial charge in [-0.2, -0.15) is 5.10 Å². The van der Waals surface area contributed by atoms with Crippen LogP contribution in [0.25, 0.3) is 11.4 Å². The molecule has 1 unspecified atom stereocenters. The highest BCUT2D eigenvalue weighted by molar-refractivity contribution is 5.85. The maximum atomic E-state index is 12.1. The number of hydrogen-bond donors (Lipinski definition) is 4. The second-order valence-corrected chi connectivity index (χ2v) is 7.67. The first-order valence-electron chi connectivity index (χ1n) is 9.69. The summed E-state index contributed by atoms with van der Waals surface area (Å²) in [5.41, 5.74) is 1.15. The normalized spacial score (nSPS) is 11.7. The Hall–Kier alpha value is -3.33. The average molecular weight is 446 g/mol. The van der Waals surface area contributed by atoms with E-state index in [9.17, 15) is 4.79 Å². The molecule has 0 saturated carbocycles. The van der Waals surface area contributed by atoms with Crippen molar-refractivity contribution in [3.05, 3.63) is 54.5 Å². The van der Waals surface area contributed by atoms with Crippen LogP contribution in [0.15, 0.2) is 48.7 Å². The number of nitrogens with one attached hydrogen (secondary N) is 4. The summed E-state index contributed by atoms with van der Waals surface area (Å²) in [6.07, 6.45) is 1.20. The lowest BCUT2D eigenvalue weighted by Crippen LogP contribution is -2.36. The highest BCUT2D eigenvalue weighted by atomic mass is 35.5. The van der Waals surface area contributed by atoms with Crippen LogP contribution in [0, 0.1) is 0 Å². The minimum absolute atomic E-state index is 0. The molecule has 0 bridgehead atoms. The lowest BCUT2D eigenvalue weighted by molar-refractivity contribution is 0.0525. The molecule has 166 valence electrons. The van der Waals surface area contributed by atoms with Crippen molar-refractivity contribution >= 4 is 30.0 Å². The van der Waals surface area contributed by atoms with Crippen LogP contribution >= 0.6 is 12.4 Å². The molecule has 31 heavy (non-hydrogen) atoms. The van der Waals surface area contributed by atoms with Crippen LogP contribution < -0.4 is 16.0 Å². The van der Waals surface area contributed by atoms with Gasteiger partial charge >= 0.3 is 6.09 Å². The molecule has 3 aromatic rings. The number of amides is 1. The molecular formula is C21H28ClN7O2. The van der Waals surface area contributed by atoms with Crippen molar-refractivity contribution in [2.24, 2.45) is 0 Å².